The van der Waals surface area contributed by atoms with Crippen LogP contribution in [0.2, 0.25) is 0 Å². The molecule has 0 aliphatic carbocycles. The van der Waals surface area contributed by atoms with Crippen molar-refractivity contribution in [2.24, 2.45) is 4.99 Å². The summed E-state index contributed by atoms with van der Waals surface area (Å²) in [5.74, 6) is 1.23. The third-order valence-electron chi connectivity index (χ3n) is 4.56. The van der Waals surface area contributed by atoms with Gasteiger partial charge in [0.05, 0.1) is 26.5 Å². The number of nitrogens with zero attached hydrogens (tertiary/aromatic N) is 2. The van der Waals surface area contributed by atoms with Gasteiger partial charge in [0.2, 0.25) is 11.8 Å². The zero-order valence-electron chi connectivity index (χ0n) is 17.3. The molecule has 0 bridgehead atoms. The molecule has 1 heterocycles. The van der Waals surface area contributed by atoms with Gasteiger partial charge < -0.3 is 14.8 Å². The number of nitrogens with one attached hydrogen (secondary N) is 1. The Balaban J connectivity index is 1.85. The quantitative estimate of drug-likeness (QED) is 0.699. The molecular formula is C22H25N3O4S. The van der Waals surface area contributed by atoms with Crippen LogP contribution in [0.3, 0.4) is 0 Å². The highest BCUT2D eigenvalue weighted by Gasteiger charge is 2.39. The highest BCUT2D eigenvalue weighted by molar-refractivity contribution is 8.15. The molecule has 1 atom stereocenters. The second-order valence-corrected chi connectivity index (χ2v) is 7.80. The first-order valence-electron chi connectivity index (χ1n) is 9.64. The molecule has 8 heteroatoms. The van der Waals surface area contributed by atoms with Gasteiger partial charge in [-0.15, -0.1) is 0 Å². The Hall–Kier alpha value is -3.00. The average molecular weight is 428 g/mol. The molecule has 0 spiro atoms. The fourth-order valence-corrected chi connectivity index (χ4v) is 4.15. The average Bonchev–Trinajstić information content (AvgIpc) is 3.03. The Labute approximate surface area is 180 Å². The fourth-order valence-electron chi connectivity index (χ4n) is 2.99. The van der Waals surface area contributed by atoms with Crippen molar-refractivity contribution >= 4 is 34.4 Å². The summed E-state index contributed by atoms with van der Waals surface area (Å²) in [5.41, 5.74) is 1.66. The number of aliphatic imine (C=N–C) groups is 1. The van der Waals surface area contributed by atoms with Gasteiger partial charge in [-0.1, -0.05) is 23.9 Å². The van der Waals surface area contributed by atoms with Crippen LogP contribution in [-0.4, -0.2) is 47.9 Å². The minimum Gasteiger partial charge on any atom is -0.497 e. The van der Waals surface area contributed by atoms with E-state index in [4.69, 9.17) is 9.47 Å². The van der Waals surface area contributed by atoms with Crippen LogP contribution in [0.5, 0.6) is 11.5 Å². The van der Waals surface area contributed by atoms with Crippen LogP contribution in [0.1, 0.15) is 18.9 Å². The van der Waals surface area contributed by atoms with Crippen molar-refractivity contribution in [3.05, 3.63) is 54.1 Å². The van der Waals surface area contributed by atoms with Crippen LogP contribution < -0.4 is 14.8 Å². The van der Waals surface area contributed by atoms with Crippen molar-refractivity contribution in [2.75, 3.05) is 20.8 Å². The lowest BCUT2D eigenvalue weighted by Crippen LogP contribution is -2.34. The van der Waals surface area contributed by atoms with Crippen molar-refractivity contribution in [3.8, 4) is 11.5 Å². The number of hydrogen-bond acceptors (Lipinski definition) is 6. The molecule has 1 N–H and O–H groups in total. The Bertz CT molecular complexity index is 913. The third-order valence-corrected chi connectivity index (χ3v) is 5.74. The minimum absolute atomic E-state index is 0.116. The lowest BCUT2D eigenvalue weighted by Gasteiger charge is -2.17. The zero-order chi connectivity index (χ0) is 21.5. The smallest absolute Gasteiger partial charge is 0.242 e. The number of benzene rings is 2. The van der Waals surface area contributed by atoms with E-state index >= 15 is 0 Å². The first-order chi connectivity index (χ1) is 14.5. The van der Waals surface area contributed by atoms with E-state index in [9.17, 15) is 9.59 Å². The molecule has 2 amide bonds. The molecule has 7 nitrogen and oxygen atoms in total. The number of amidine groups is 1. The standard InChI is InChI=1S/C22H25N3O4S/c1-4-23-20(26)13-19-21(27)25(14-15-5-9-17(28-2)10-6-15)22(30-19)24-16-7-11-18(29-3)12-8-16/h5-12,19H,4,13-14H2,1-3H3,(H,23,26). The van der Waals surface area contributed by atoms with E-state index in [0.717, 1.165) is 17.1 Å². The molecule has 0 saturated carbocycles. The predicted molar refractivity (Wildman–Crippen MR) is 118 cm³/mol. The molecule has 0 radical (unpaired) electrons. The number of rotatable bonds is 8. The van der Waals surface area contributed by atoms with E-state index in [1.807, 2.05) is 55.5 Å². The van der Waals surface area contributed by atoms with Gasteiger partial charge in [0.15, 0.2) is 5.17 Å². The zero-order valence-corrected chi connectivity index (χ0v) is 18.1. The van der Waals surface area contributed by atoms with Crippen molar-refractivity contribution in [3.63, 3.8) is 0 Å². The van der Waals surface area contributed by atoms with Gasteiger partial charge in [-0.25, -0.2) is 4.99 Å². The van der Waals surface area contributed by atoms with Crippen LogP contribution in [0.15, 0.2) is 53.5 Å². The summed E-state index contributed by atoms with van der Waals surface area (Å²) < 4.78 is 10.4. The van der Waals surface area contributed by atoms with Gasteiger partial charge in [0, 0.05) is 13.0 Å². The van der Waals surface area contributed by atoms with Crippen LogP contribution in [0, 0.1) is 0 Å². The second kappa shape index (κ2) is 10.2. The van der Waals surface area contributed by atoms with Crippen molar-refractivity contribution in [2.45, 2.75) is 25.1 Å². The van der Waals surface area contributed by atoms with Crippen LogP contribution in [0.4, 0.5) is 5.69 Å². The van der Waals surface area contributed by atoms with Gasteiger partial charge in [-0.3, -0.25) is 14.5 Å². The largest absolute Gasteiger partial charge is 0.497 e. The number of carbonyl (C=O) groups is 2. The molecule has 1 saturated heterocycles. The molecule has 1 fully saturated rings. The number of carbonyl (C=O) groups excluding carboxylic acids is 2. The monoisotopic (exact) mass is 427 g/mol. The predicted octanol–water partition coefficient (Wildman–Crippen LogP) is 3.36. The van der Waals surface area contributed by atoms with Gasteiger partial charge in [-0.2, -0.15) is 0 Å². The number of hydrogen-bond donors (Lipinski definition) is 1. The van der Waals surface area contributed by atoms with Gasteiger partial charge in [-0.05, 0) is 48.9 Å². The molecule has 2 aromatic carbocycles. The van der Waals surface area contributed by atoms with Gasteiger partial charge >= 0.3 is 0 Å². The Morgan fingerprint density at radius 3 is 2.23 bits per heavy atom. The molecule has 1 aliphatic heterocycles. The van der Waals surface area contributed by atoms with Crippen molar-refractivity contribution in [1.29, 1.82) is 0 Å². The number of thioether (sulfide) groups is 1. The van der Waals surface area contributed by atoms with E-state index < -0.39 is 5.25 Å². The molecule has 1 unspecified atom stereocenters. The highest BCUT2D eigenvalue weighted by atomic mass is 32.2. The van der Waals surface area contributed by atoms with Crippen molar-refractivity contribution < 1.29 is 19.1 Å². The minimum atomic E-state index is -0.494. The number of methoxy groups -OCH3 is 2. The Kier molecular flexibility index (Phi) is 7.35. The maximum Gasteiger partial charge on any atom is 0.242 e. The SMILES string of the molecule is CCNC(=O)CC1SC(=Nc2ccc(OC)cc2)N(Cc2ccc(OC)cc2)C1=O. The maximum atomic E-state index is 13.1. The Morgan fingerprint density at radius 2 is 1.67 bits per heavy atom. The topological polar surface area (TPSA) is 80.2 Å². The highest BCUT2D eigenvalue weighted by Crippen LogP contribution is 2.33. The van der Waals surface area contributed by atoms with E-state index in [1.54, 1.807) is 19.1 Å². The molecule has 2 aromatic rings. The first-order valence-corrected chi connectivity index (χ1v) is 10.5. The summed E-state index contributed by atoms with van der Waals surface area (Å²) in [4.78, 5) is 31.4. The molecule has 0 aromatic heterocycles. The first kappa shape index (κ1) is 21.7. The molecule has 158 valence electrons. The summed E-state index contributed by atoms with van der Waals surface area (Å²) in [7, 11) is 3.22. The molecule has 3 rings (SSSR count). The Morgan fingerprint density at radius 1 is 1.07 bits per heavy atom. The summed E-state index contributed by atoms with van der Waals surface area (Å²) in [6.45, 7) is 2.76. The van der Waals surface area contributed by atoms with Crippen LogP contribution in [0.25, 0.3) is 0 Å². The van der Waals surface area contributed by atoms with Crippen molar-refractivity contribution in [1.82, 2.24) is 10.2 Å². The molecule has 1 aliphatic rings. The van der Waals surface area contributed by atoms with E-state index in [1.165, 1.54) is 11.8 Å². The van der Waals surface area contributed by atoms with E-state index in [-0.39, 0.29) is 18.2 Å². The number of amides is 2. The summed E-state index contributed by atoms with van der Waals surface area (Å²) >= 11 is 1.32. The van der Waals surface area contributed by atoms with Gasteiger partial charge in [0.1, 0.15) is 16.7 Å². The summed E-state index contributed by atoms with van der Waals surface area (Å²) in [6.07, 6.45) is 0.123. The number of ether oxygens (including phenoxy) is 2. The maximum absolute atomic E-state index is 13.1. The summed E-state index contributed by atoms with van der Waals surface area (Å²) in [5, 5.41) is 2.84. The lowest BCUT2D eigenvalue weighted by molar-refractivity contribution is -0.129. The lowest BCUT2D eigenvalue weighted by atomic mass is 10.2. The normalized spacial score (nSPS) is 17.3. The van der Waals surface area contributed by atoms with E-state index in [0.29, 0.717) is 23.9 Å². The van der Waals surface area contributed by atoms with E-state index in [2.05, 4.69) is 10.3 Å². The molecular weight excluding hydrogens is 402 g/mol. The fraction of sp³-hybridized carbons (Fsp3) is 0.318. The third kappa shape index (κ3) is 5.33. The molecule has 30 heavy (non-hydrogen) atoms. The summed E-state index contributed by atoms with van der Waals surface area (Å²) in [6, 6.07) is 14.9. The van der Waals surface area contributed by atoms with Gasteiger partial charge in [0.25, 0.3) is 0 Å². The van der Waals surface area contributed by atoms with Crippen LogP contribution >= 0.6 is 11.8 Å². The van der Waals surface area contributed by atoms with Crippen LogP contribution in [-0.2, 0) is 16.1 Å². The second-order valence-electron chi connectivity index (χ2n) is 6.63.